The average molecular weight is 398 g/mol. The fourth-order valence-electron chi connectivity index (χ4n) is 3.59. The number of anilines is 3. The highest BCUT2D eigenvalue weighted by Crippen LogP contribution is 2.29. The molecule has 2 aromatic heterocycles. The summed E-state index contributed by atoms with van der Waals surface area (Å²) in [5.74, 6) is 0.516. The number of rotatable bonds is 6. The zero-order valence-electron chi connectivity index (χ0n) is 16.8. The van der Waals surface area contributed by atoms with Crippen LogP contribution in [0.3, 0.4) is 0 Å². The molecule has 1 aliphatic rings. The maximum atomic E-state index is 11.2. The SMILES string of the molecule is CC(=O)Cc1ccc(Nc2nccc(-c3ccc(N4CCCC4)c(C#N)c3)n2)cn1. The van der Waals surface area contributed by atoms with E-state index in [9.17, 15) is 10.1 Å². The van der Waals surface area contributed by atoms with Gasteiger partial charge in [0.25, 0.3) is 0 Å². The van der Waals surface area contributed by atoms with Crippen molar-refractivity contribution >= 4 is 23.1 Å². The van der Waals surface area contributed by atoms with E-state index in [1.165, 1.54) is 0 Å². The largest absolute Gasteiger partial charge is 0.370 e. The van der Waals surface area contributed by atoms with Gasteiger partial charge in [-0.3, -0.25) is 9.78 Å². The number of carbonyl (C=O) groups excluding carboxylic acids is 1. The van der Waals surface area contributed by atoms with Gasteiger partial charge in [-0.05, 0) is 50.1 Å². The number of Topliss-reactive ketones (excluding diaryl/α,β-unsaturated/α-hetero) is 1. The monoisotopic (exact) mass is 398 g/mol. The van der Waals surface area contributed by atoms with Crippen LogP contribution < -0.4 is 10.2 Å². The lowest BCUT2D eigenvalue weighted by atomic mass is 10.1. The first-order chi connectivity index (χ1) is 14.6. The number of ketones is 1. The molecule has 0 bridgehead atoms. The van der Waals surface area contributed by atoms with Gasteiger partial charge in [0.15, 0.2) is 0 Å². The second-order valence-electron chi connectivity index (χ2n) is 7.35. The lowest BCUT2D eigenvalue weighted by Crippen LogP contribution is -2.18. The smallest absolute Gasteiger partial charge is 0.227 e. The maximum Gasteiger partial charge on any atom is 0.227 e. The lowest BCUT2D eigenvalue weighted by Gasteiger charge is -2.19. The second kappa shape index (κ2) is 8.70. The minimum absolute atomic E-state index is 0.0757. The van der Waals surface area contributed by atoms with Crippen molar-refractivity contribution < 1.29 is 4.79 Å². The van der Waals surface area contributed by atoms with Gasteiger partial charge in [0.1, 0.15) is 11.9 Å². The number of nitrogens with one attached hydrogen (secondary N) is 1. The molecule has 7 heteroatoms. The van der Waals surface area contributed by atoms with Crippen molar-refractivity contribution in [2.24, 2.45) is 0 Å². The number of aromatic nitrogens is 3. The van der Waals surface area contributed by atoms with Crippen LogP contribution >= 0.6 is 0 Å². The molecule has 7 nitrogen and oxygen atoms in total. The normalized spacial score (nSPS) is 13.1. The fraction of sp³-hybridized carbons (Fsp3) is 0.261. The number of nitrogens with zero attached hydrogens (tertiary/aromatic N) is 5. The Labute approximate surface area is 175 Å². The standard InChI is InChI=1S/C23H22N6O/c1-16(30)12-19-5-6-20(15-26-19)27-23-25-9-8-21(28-23)17-4-7-22(18(13-17)14-24)29-10-2-3-11-29/h4-9,13,15H,2-3,10-12H2,1H3,(H,25,27,28). The molecule has 4 rings (SSSR count). The third kappa shape index (κ3) is 4.44. The summed E-state index contributed by atoms with van der Waals surface area (Å²) in [6.45, 7) is 3.53. The molecule has 0 atom stereocenters. The van der Waals surface area contributed by atoms with Gasteiger partial charge in [-0.2, -0.15) is 5.26 Å². The summed E-state index contributed by atoms with van der Waals surface area (Å²) in [4.78, 5) is 26.6. The van der Waals surface area contributed by atoms with Gasteiger partial charge in [0.2, 0.25) is 5.95 Å². The Morgan fingerprint density at radius 1 is 1.17 bits per heavy atom. The molecule has 3 heterocycles. The van der Waals surface area contributed by atoms with Crippen LogP contribution in [0.5, 0.6) is 0 Å². The maximum absolute atomic E-state index is 11.2. The molecule has 0 amide bonds. The number of carbonyl (C=O) groups is 1. The molecule has 150 valence electrons. The van der Waals surface area contributed by atoms with E-state index in [0.29, 0.717) is 17.9 Å². The molecule has 0 unspecified atom stereocenters. The molecule has 1 aliphatic heterocycles. The van der Waals surface area contributed by atoms with Crippen LogP contribution in [0.1, 0.15) is 31.0 Å². The number of hydrogen-bond acceptors (Lipinski definition) is 7. The molecule has 1 N–H and O–H groups in total. The molecule has 0 saturated carbocycles. The van der Waals surface area contributed by atoms with E-state index in [-0.39, 0.29) is 5.78 Å². The molecule has 0 radical (unpaired) electrons. The first-order valence-electron chi connectivity index (χ1n) is 9.96. The van der Waals surface area contributed by atoms with Crippen molar-refractivity contribution in [3.8, 4) is 17.3 Å². The Morgan fingerprint density at radius 3 is 2.70 bits per heavy atom. The van der Waals surface area contributed by atoms with E-state index in [4.69, 9.17) is 0 Å². The van der Waals surface area contributed by atoms with Gasteiger partial charge < -0.3 is 10.2 Å². The Morgan fingerprint density at radius 2 is 2.00 bits per heavy atom. The van der Waals surface area contributed by atoms with Crippen LogP contribution in [0, 0.1) is 11.3 Å². The van der Waals surface area contributed by atoms with Crippen LogP contribution in [0.4, 0.5) is 17.3 Å². The molecule has 1 fully saturated rings. The zero-order chi connectivity index (χ0) is 20.9. The summed E-state index contributed by atoms with van der Waals surface area (Å²) < 4.78 is 0. The number of nitriles is 1. The third-order valence-corrected chi connectivity index (χ3v) is 5.03. The highest BCUT2D eigenvalue weighted by atomic mass is 16.1. The van der Waals surface area contributed by atoms with Gasteiger partial charge in [0, 0.05) is 37.0 Å². The Bertz CT molecular complexity index is 1100. The van der Waals surface area contributed by atoms with Crippen molar-refractivity contribution in [2.45, 2.75) is 26.2 Å². The van der Waals surface area contributed by atoms with Gasteiger partial charge in [-0.25, -0.2) is 9.97 Å². The van der Waals surface area contributed by atoms with E-state index >= 15 is 0 Å². The summed E-state index contributed by atoms with van der Waals surface area (Å²) >= 11 is 0. The van der Waals surface area contributed by atoms with Gasteiger partial charge >= 0.3 is 0 Å². The lowest BCUT2D eigenvalue weighted by molar-refractivity contribution is -0.116. The summed E-state index contributed by atoms with van der Waals surface area (Å²) in [7, 11) is 0. The third-order valence-electron chi connectivity index (χ3n) is 5.03. The van der Waals surface area contributed by atoms with E-state index in [1.54, 1.807) is 19.3 Å². The van der Waals surface area contributed by atoms with Gasteiger partial charge in [-0.15, -0.1) is 0 Å². The van der Waals surface area contributed by atoms with Crippen molar-refractivity contribution in [3.05, 3.63) is 60.0 Å². The van der Waals surface area contributed by atoms with Crippen LogP contribution in [-0.2, 0) is 11.2 Å². The predicted molar refractivity (Wildman–Crippen MR) is 116 cm³/mol. The van der Waals surface area contributed by atoms with E-state index < -0.39 is 0 Å². The quantitative estimate of drug-likeness (QED) is 0.673. The van der Waals surface area contributed by atoms with Crippen LogP contribution in [-0.4, -0.2) is 33.8 Å². The molecule has 1 aromatic carbocycles. The Hall–Kier alpha value is -3.79. The first kappa shape index (κ1) is 19.5. The van der Waals surface area contributed by atoms with Crippen molar-refractivity contribution in [1.82, 2.24) is 15.0 Å². The summed E-state index contributed by atoms with van der Waals surface area (Å²) in [5.41, 5.74) is 4.72. The molecule has 0 aliphatic carbocycles. The zero-order valence-corrected chi connectivity index (χ0v) is 16.8. The molecular weight excluding hydrogens is 376 g/mol. The molecular formula is C23H22N6O. The fourth-order valence-corrected chi connectivity index (χ4v) is 3.59. The average Bonchev–Trinajstić information content (AvgIpc) is 3.29. The molecule has 0 spiro atoms. The molecule has 1 saturated heterocycles. The van der Waals surface area contributed by atoms with Crippen LogP contribution in [0.15, 0.2) is 48.8 Å². The first-order valence-corrected chi connectivity index (χ1v) is 9.96. The summed E-state index contributed by atoms with van der Waals surface area (Å²) in [6, 6.07) is 13.7. The summed E-state index contributed by atoms with van der Waals surface area (Å²) in [5, 5.41) is 12.8. The van der Waals surface area contributed by atoms with E-state index in [1.807, 2.05) is 36.4 Å². The predicted octanol–water partition coefficient (Wildman–Crippen LogP) is 3.89. The van der Waals surface area contributed by atoms with Gasteiger partial charge in [-0.1, -0.05) is 6.07 Å². The highest BCUT2D eigenvalue weighted by Gasteiger charge is 2.16. The summed E-state index contributed by atoms with van der Waals surface area (Å²) in [6.07, 6.45) is 5.99. The number of hydrogen-bond donors (Lipinski definition) is 1. The van der Waals surface area contributed by atoms with Crippen molar-refractivity contribution in [3.63, 3.8) is 0 Å². The Balaban J connectivity index is 1.54. The van der Waals surface area contributed by atoms with E-state index in [2.05, 4.69) is 31.2 Å². The molecule has 3 aromatic rings. The second-order valence-corrected chi connectivity index (χ2v) is 7.35. The highest BCUT2D eigenvalue weighted by molar-refractivity contribution is 5.77. The van der Waals surface area contributed by atoms with Crippen molar-refractivity contribution in [1.29, 1.82) is 5.26 Å². The van der Waals surface area contributed by atoms with Crippen LogP contribution in [0.2, 0.25) is 0 Å². The van der Waals surface area contributed by atoms with E-state index in [0.717, 1.165) is 54.3 Å². The number of pyridine rings is 1. The Kier molecular flexibility index (Phi) is 5.66. The topological polar surface area (TPSA) is 94.8 Å². The minimum atomic E-state index is 0.0757. The minimum Gasteiger partial charge on any atom is -0.370 e. The molecule has 30 heavy (non-hydrogen) atoms. The number of benzene rings is 1. The van der Waals surface area contributed by atoms with Gasteiger partial charge in [0.05, 0.1) is 28.8 Å². The van der Waals surface area contributed by atoms with Crippen molar-refractivity contribution in [2.75, 3.05) is 23.3 Å². The van der Waals surface area contributed by atoms with Crippen LogP contribution in [0.25, 0.3) is 11.3 Å².